The Kier molecular flexibility index (Phi) is 4.10. The van der Waals surface area contributed by atoms with E-state index in [-0.39, 0.29) is 0 Å². The topological polar surface area (TPSA) is 0 Å². The van der Waals surface area contributed by atoms with E-state index in [1.165, 1.54) is 0 Å². The van der Waals surface area contributed by atoms with Crippen molar-refractivity contribution in [2.24, 2.45) is 0 Å². The zero-order chi connectivity index (χ0) is 17.0. The van der Waals surface area contributed by atoms with Crippen molar-refractivity contribution in [2.75, 3.05) is 0 Å². The van der Waals surface area contributed by atoms with Crippen LogP contribution in [0.1, 0.15) is 6.92 Å². The first-order valence-electron chi connectivity index (χ1n) is 4.21. The SMILES string of the molecule is CC(F)(F)C(F)(F)C(F)(F)C(F)(F)C(F)(F)C(F)(F)F. The van der Waals surface area contributed by atoms with E-state index in [1.54, 1.807) is 0 Å². The Morgan fingerprint density at radius 2 is 0.650 bits per heavy atom. The molecule has 0 aliphatic heterocycles. The molecule has 0 saturated carbocycles. The Morgan fingerprint density at radius 3 is 0.850 bits per heavy atom. The molecule has 0 bridgehead atoms. The van der Waals surface area contributed by atoms with Crippen molar-refractivity contribution in [2.45, 2.75) is 42.7 Å². The number of hydrogen-bond acceptors (Lipinski definition) is 0. The van der Waals surface area contributed by atoms with Gasteiger partial charge in [-0.1, -0.05) is 0 Å². The fourth-order valence-corrected chi connectivity index (χ4v) is 0.848. The van der Waals surface area contributed by atoms with Crippen molar-refractivity contribution in [1.29, 1.82) is 0 Å². The molecule has 0 aromatic heterocycles. The summed E-state index contributed by atoms with van der Waals surface area (Å²) in [5, 5.41) is 0. The lowest BCUT2D eigenvalue weighted by Gasteiger charge is -2.38. The zero-order valence-electron chi connectivity index (χ0n) is 8.91. The molecular formula is C7H3F13. The average molecular weight is 334 g/mol. The summed E-state index contributed by atoms with van der Waals surface area (Å²) < 4.78 is 158. The molecule has 0 N–H and O–H groups in total. The van der Waals surface area contributed by atoms with E-state index in [2.05, 4.69) is 0 Å². The van der Waals surface area contributed by atoms with Gasteiger partial charge in [0.2, 0.25) is 0 Å². The monoisotopic (exact) mass is 334 g/mol. The molecule has 0 nitrogen and oxygen atoms in total. The smallest absolute Gasteiger partial charge is 0.200 e. The second-order valence-electron chi connectivity index (χ2n) is 3.68. The first-order chi connectivity index (χ1) is 8.25. The van der Waals surface area contributed by atoms with Crippen molar-refractivity contribution >= 4 is 0 Å². The third-order valence-electron chi connectivity index (χ3n) is 2.09. The second kappa shape index (κ2) is 4.29. The van der Waals surface area contributed by atoms with E-state index in [9.17, 15) is 57.1 Å². The van der Waals surface area contributed by atoms with Crippen molar-refractivity contribution in [3.05, 3.63) is 0 Å². The minimum atomic E-state index is -7.80. The van der Waals surface area contributed by atoms with Crippen LogP contribution in [0.4, 0.5) is 57.1 Å². The molecule has 0 aromatic rings. The highest BCUT2D eigenvalue weighted by Crippen LogP contribution is 2.59. The molecule has 122 valence electrons. The number of hydrogen-bond donors (Lipinski definition) is 0. The summed E-state index contributed by atoms with van der Waals surface area (Å²) in [5.41, 5.74) is 0. The van der Waals surface area contributed by atoms with Crippen LogP contribution in [0.15, 0.2) is 0 Å². The molecule has 0 radical (unpaired) electrons. The molecule has 0 aromatic carbocycles. The van der Waals surface area contributed by atoms with Gasteiger partial charge >= 0.3 is 35.8 Å². The summed E-state index contributed by atoms with van der Waals surface area (Å²) >= 11 is 0. The van der Waals surface area contributed by atoms with Gasteiger partial charge in [-0.2, -0.15) is 57.1 Å². The van der Waals surface area contributed by atoms with E-state index in [0.717, 1.165) is 0 Å². The maximum absolute atomic E-state index is 12.5. The Labute approximate surface area is 101 Å². The molecule has 0 unspecified atom stereocenters. The van der Waals surface area contributed by atoms with Crippen LogP contribution in [0.25, 0.3) is 0 Å². The molecular weight excluding hydrogens is 331 g/mol. The molecule has 0 aliphatic carbocycles. The maximum atomic E-state index is 12.5. The second-order valence-corrected chi connectivity index (χ2v) is 3.68. The molecule has 0 aliphatic rings. The molecule has 0 atom stereocenters. The molecule has 0 fully saturated rings. The van der Waals surface area contributed by atoms with Crippen molar-refractivity contribution < 1.29 is 57.1 Å². The van der Waals surface area contributed by atoms with Crippen LogP contribution >= 0.6 is 0 Å². The van der Waals surface area contributed by atoms with Crippen LogP contribution in [0, 0.1) is 0 Å². The fourth-order valence-electron chi connectivity index (χ4n) is 0.848. The van der Waals surface area contributed by atoms with Crippen LogP contribution in [-0.4, -0.2) is 35.8 Å². The van der Waals surface area contributed by atoms with Crippen LogP contribution in [0.3, 0.4) is 0 Å². The largest absolute Gasteiger partial charge is 0.460 e. The van der Waals surface area contributed by atoms with E-state index < -0.39 is 42.7 Å². The summed E-state index contributed by atoms with van der Waals surface area (Å²) in [6, 6.07) is 0. The van der Waals surface area contributed by atoms with Crippen molar-refractivity contribution in [1.82, 2.24) is 0 Å². The van der Waals surface area contributed by atoms with E-state index >= 15 is 0 Å². The van der Waals surface area contributed by atoms with Gasteiger partial charge in [0, 0.05) is 6.92 Å². The highest BCUT2D eigenvalue weighted by atomic mass is 19.4. The summed E-state index contributed by atoms with van der Waals surface area (Å²) in [6.07, 6.45) is -7.36. The first-order valence-corrected chi connectivity index (χ1v) is 4.21. The van der Waals surface area contributed by atoms with Crippen molar-refractivity contribution in [3.63, 3.8) is 0 Å². The van der Waals surface area contributed by atoms with Gasteiger partial charge in [0.15, 0.2) is 0 Å². The number of halogens is 13. The molecule has 0 saturated heterocycles. The minimum absolute atomic E-state index is 1.04. The third-order valence-corrected chi connectivity index (χ3v) is 2.09. The first kappa shape index (κ1) is 19.1. The Hall–Kier alpha value is -0.910. The van der Waals surface area contributed by atoms with Gasteiger partial charge in [-0.15, -0.1) is 0 Å². The standard InChI is InChI=1S/C7H3F13/c1-2(8,9)3(10,11)4(12,13)5(14,15)6(16,17)7(18,19)20/h1H3. The lowest BCUT2D eigenvalue weighted by molar-refractivity contribution is -0.438. The van der Waals surface area contributed by atoms with Gasteiger partial charge in [-0.25, -0.2) is 0 Å². The summed E-state index contributed by atoms with van der Waals surface area (Å²) in [5.74, 6) is -36.3. The van der Waals surface area contributed by atoms with Crippen LogP contribution in [0.2, 0.25) is 0 Å². The summed E-state index contributed by atoms with van der Waals surface area (Å²) in [6.45, 7) is -1.04. The lowest BCUT2D eigenvalue weighted by Crippen LogP contribution is -2.69. The minimum Gasteiger partial charge on any atom is -0.200 e. The molecule has 0 rings (SSSR count). The number of rotatable bonds is 4. The normalized spacial score (nSPS) is 16.5. The quantitative estimate of drug-likeness (QED) is 0.651. The predicted molar refractivity (Wildman–Crippen MR) is 36.5 cm³/mol. The molecule has 0 heterocycles. The summed E-state index contributed by atoms with van der Waals surface area (Å²) in [7, 11) is 0. The highest BCUT2D eigenvalue weighted by molar-refractivity contribution is 5.09. The van der Waals surface area contributed by atoms with Crippen LogP contribution in [-0.2, 0) is 0 Å². The van der Waals surface area contributed by atoms with Gasteiger partial charge in [-0.3, -0.25) is 0 Å². The average Bonchev–Trinajstić information content (AvgIpc) is 2.12. The lowest BCUT2D eigenvalue weighted by atomic mass is 9.95. The van der Waals surface area contributed by atoms with Crippen LogP contribution < -0.4 is 0 Å². The fraction of sp³-hybridized carbons (Fsp3) is 1.00. The Balaban J connectivity index is 6.08. The highest BCUT2D eigenvalue weighted by Gasteiger charge is 2.90. The molecule has 13 heteroatoms. The van der Waals surface area contributed by atoms with Gasteiger partial charge in [0.25, 0.3) is 0 Å². The van der Waals surface area contributed by atoms with Crippen LogP contribution in [0.5, 0.6) is 0 Å². The molecule has 0 amide bonds. The van der Waals surface area contributed by atoms with Gasteiger partial charge in [-0.05, 0) is 0 Å². The van der Waals surface area contributed by atoms with E-state index in [4.69, 9.17) is 0 Å². The third kappa shape index (κ3) is 2.28. The van der Waals surface area contributed by atoms with E-state index in [1.807, 2.05) is 0 Å². The van der Waals surface area contributed by atoms with E-state index in [0.29, 0.717) is 0 Å². The van der Waals surface area contributed by atoms with Gasteiger partial charge in [0.1, 0.15) is 0 Å². The van der Waals surface area contributed by atoms with Gasteiger partial charge < -0.3 is 0 Å². The Bertz CT molecular complexity index is 320. The predicted octanol–water partition coefficient (Wildman–Crippen LogP) is 4.75. The maximum Gasteiger partial charge on any atom is 0.460 e. The number of alkyl halides is 13. The van der Waals surface area contributed by atoms with Gasteiger partial charge in [0.05, 0.1) is 0 Å². The molecule has 0 spiro atoms. The van der Waals surface area contributed by atoms with Crippen molar-refractivity contribution in [3.8, 4) is 0 Å². The molecule has 20 heavy (non-hydrogen) atoms. The Morgan fingerprint density at radius 1 is 0.400 bits per heavy atom. The summed E-state index contributed by atoms with van der Waals surface area (Å²) in [4.78, 5) is 0. The zero-order valence-corrected chi connectivity index (χ0v) is 8.91.